The van der Waals surface area contributed by atoms with Gasteiger partial charge in [-0.15, -0.1) is 10.2 Å². The first-order valence-corrected chi connectivity index (χ1v) is 9.66. The predicted molar refractivity (Wildman–Crippen MR) is 98.1 cm³/mol. The van der Waals surface area contributed by atoms with E-state index in [0.717, 1.165) is 28.6 Å². The van der Waals surface area contributed by atoms with Crippen LogP contribution in [-0.4, -0.2) is 40.9 Å². The highest BCUT2D eigenvalue weighted by Crippen LogP contribution is 2.35. The monoisotopic (exact) mass is 383 g/mol. The molecular weight excluding hydrogens is 366 g/mol. The van der Waals surface area contributed by atoms with Crippen LogP contribution in [-0.2, 0) is 0 Å². The summed E-state index contributed by atoms with van der Waals surface area (Å²) in [5.41, 5.74) is 0.633. The molecule has 0 bridgehead atoms. The number of aromatic nitrogens is 2. The van der Waals surface area contributed by atoms with E-state index in [9.17, 15) is 4.79 Å². The lowest BCUT2D eigenvalue weighted by atomic mass is 9.97. The third-order valence-corrected chi connectivity index (χ3v) is 6.02. The van der Waals surface area contributed by atoms with Crippen molar-refractivity contribution >= 4 is 17.2 Å². The summed E-state index contributed by atoms with van der Waals surface area (Å²) in [5, 5.41) is 10.4. The summed E-state index contributed by atoms with van der Waals surface area (Å²) in [6.07, 6.45) is 3.39. The molecule has 0 saturated carbocycles. The first-order chi connectivity index (χ1) is 13.3. The summed E-state index contributed by atoms with van der Waals surface area (Å²) in [6, 6.07) is 9.08. The minimum absolute atomic E-state index is 0.0280. The normalized spacial score (nSPS) is 16.7. The first-order valence-electron chi connectivity index (χ1n) is 8.84. The number of hydrogen-bond donors (Lipinski definition) is 0. The quantitative estimate of drug-likeness (QED) is 0.688. The van der Waals surface area contributed by atoms with Gasteiger partial charge in [-0.25, -0.2) is 0 Å². The summed E-state index contributed by atoms with van der Waals surface area (Å²) in [5.74, 6) is 2.42. The lowest BCUT2D eigenvalue weighted by Crippen LogP contribution is -2.37. The summed E-state index contributed by atoms with van der Waals surface area (Å²) in [7, 11) is 0. The lowest BCUT2D eigenvalue weighted by molar-refractivity contribution is 0.0712. The van der Waals surface area contributed by atoms with Gasteiger partial charge in [-0.3, -0.25) is 4.79 Å². The minimum Gasteiger partial charge on any atom is -0.462 e. The summed E-state index contributed by atoms with van der Waals surface area (Å²) in [6.45, 7) is 1.61. The minimum atomic E-state index is 0.0280. The average molecular weight is 383 g/mol. The summed E-state index contributed by atoms with van der Waals surface area (Å²) < 4.78 is 16.1. The number of furan rings is 1. The maximum absolute atomic E-state index is 12.8. The molecule has 0 radical (unpaired) electrons. The number of carbonyl (C=O) groups is 1. The highest BCUT2D eigenvalue weighted by molar-refractivity contribution is 7.14. The van der Waals surface area contributed by atoms with E-state index in [1.54, 1.807) is 35.8 Å². The van der Waals surface area contributed by atoms with Gasteiger partial charge in [0.25, 0.3) is 5.91 Å². The van der Waals surface area contributed by atoms with Crippen LogP contribution in [0.1, 0.15) is 34.1 Å². The smallest absolute Gasteiger partial charge is 0.253 e. The Morgan fingerprint density at radius 1 is 1.11 bits per heavy atom. The number of benzene rings is 1. The van der Waals surface area contributed by atoms with Gasteiger partial charge in [-0.05, 0) is 43.2 Å². The molecule has 1 saturated heterocycles. The molecule has 1 fully saturated rings. The molecule has 2 aliphatic heterocycles. The summed E-state index contributed by atoms with van der Waals surface area (Å²) >= 11 is 1.57. The van der Waals surface area contributed by atoms with Crippen LogP contribution in [0.25, 0.3) is 10.8 Å². The number of piperidine rings is 1. The fourth-order valence-corrected chi connectivity index (χ4v) is 4.42. The Hall–Kier alpha value is -2.87. The molecule has 2 aromatic heterocycles. The fourth-order valence-electron chi connectivity index (χ4n) is 3.44. The van der Waals surface area contributed by atoms with Crippen molar-refractivity contribution in [3.05, 3.63) is 47.2 Å². The molecule has 0 atom stereocenters. The molecular formula is C19H17N3O4S. The van der Waals surface area contributed by atoms with E-state index in [0.29, 0.717) is 36.1 Å². The van der Waals surface area contributed by atoms with Crippen LogP contribution >= 0.6 is 11.3 Å². The van der Waals surface area contributed by atoms with Crippen molar-refractivity contribution in [1.29, 1.82) is 0 Å². The van der Waals surface area contributed by atoms with Crippen LogP contribution in [0.3, 0.4) is 0 Å². The van der Waals surface area contributed by atoms with E-state index in [1.165, 1.54) is 0 Å². The number of ether oxygens (including phenoxy) is 2. The molecule has 1 aromatic carbocycles. The van der Waals surface area contributed by atoms with Gasteiger partial charge in [-0.2, -0.15) is 0 Å². The van der Waals surface area contributed by atoms with Crippen molar-refractivity contribution in [1.82, 2.24) is 15.1 Å². The topological polar surface area (TPSA) is 77.7 Å². The predicted octanol–water partition coefficient (Wildman–Crippen LogP) is 3.55. The molecule has 2 aliphatic rings. The largest absolute Gasteiger partial charge is 0.462 e. The molecule has 3 aromatic rings. The number of likely N-dealkylation sites (tertiary alicyclic amines) is 1. The number of fused-ring (bicyclic) bond motifs is 1. The van der Waals surface area contributed by atoms with Crippen molar-refractivity contribution in [2.24, 2.45) is 0 Å². The van der Waals surface area contributed by atoms with Crippen LogP contribution in [0, 0.1) is 0 Å². The summed E-state index contributed by atoms with van der Waals surface area (Å²) in [4.78, 5) is 14.7. The standard InChI is InChI=1S/C19H17N3O4S/c23-19(13-3-4-14-16(10-13)26-11-25-14)22-7-5-12(6-8-22)17-20-21-18(27-17)15-2-1-9-24-15/h1-4,9-10,12H,5-8,11H2. The van der Waals surface area contributed by atoms with Gasteiger partial charge in [0, 0.05) is 24.6 Å². The Bertz CT molecular complexity index is 961. The molecule has 0 unspecified atom stereocenters. The zero-order chi connectivity index (χ0) is 18.2. The Morgan fingerprint density at radius 2 is 1.96 bits per heavy atom. The van der Waals surface area contributed by atoms with Crippen molar-refractivity contribution < 1.29 is 18.7 Å². The van der Waals surface area contributed by atoms with E-state index < -0.39 is 0 Å². The molecule has 0 spiro atoms. The molecule has 1 amide bonds. The zero-order valence-corrected chi connectivity index (χ0v) is 15.3. The zero-order valence-electron chi connectivity index (χ0n) is 14.5. The molecule has 5 rings (SSSR count). The second-order valence-corrected chi connectivity index (χ2v) is 7.57. The number of nitrogens with zero attached hydrogens (tertiary/aromatic N) is 3. The van der Waals surface area contributed by atoms with Crippen molar-refractivity contribution in [3.63, 3.8) is 0 Å². The van der Waals surface area contributed by atoms with Crippen LogP contribution < -0.4 is 9.47 Å². The Labute approximate surface area is 159 Å². The van der Waals surface area contributed by atoms with Gasteiger partial charge in [0.2, 0.25) is 6.79 Å². The van der Waals surface area contributed by atoms with Gasteiger partial charge in [-0.1, -0.05) is 11.3 Å². The van der Waals surface area contributed by atoms with Crippen LogP contribution in [0.15, 0.2) is 41.0 Å². The first kappa shape index (κ1) is 16.3. The van der Waals surface area contributed by atoms with E-state index in [4.69, 9.17) is 13.9 Å². The molecule has 4 heterocycles. The lowest BCUT2D eigenvalue weighted by Gasteiger charge is -2.31. The van der Waals surface area contributed by atoms with E-state index in [1.807, 2.05) is 17.0 Å². The van der Waals surface area contributed by atoms with Gasteiger partial charge >= 0.3 is 0 Å². The van der Waals surface area contributed by atoms with Gasteiger partial charge < -0.3 is 18.8 Å². The highest BCUT2D eigenvalue weighted by atomic mass is 32.1. The fraction of sp³-hybridized carbons (Fsp3) is 0.316. The molecule has 27 heavy (non-hydrogen) atoms. The van der Waals surface area contributed by atoms with Gasteiger partial charge in [0.05, 0.1) is 6.26 Å². The highest BCUT2D eigenvalue weighted by Gasteiger charge is 2.28. The molecule has 7 nitrogen and oxygen atoms in total. The molecule has 138 valence electrons. The molecule has 8 heteroatoms. The van der Waals surface area contributed by atoms with Crippen molar-refractivity contribution in [3.8, 4) is 22.3 Å². The third-order valence-electron chi connectivity index (χ3n) is 4.92. The van der Waals surface area contributed by atoms with Crippen molar-refractivity contribution in [2.45, 2.75) is 18.8 Å². The van der Waals surface area contributed by atoms with Crippen LogP contribution in [0.5, 0.6) is 11.5 Å². The third kappa shape index (κ3) is 3.06. The van der Waals surface area contributed by atoms with E-state index in [-0.39, 0.29) is 12.7 Å². The maximum atomic E-state index is 12.8. The van der Waals surface area contributed by atoms with Crippen LogP contribution in [0.2, 0.25) is 0 Å². The maximum Gasteiger partial charge on any atom is 0.253 e. The molecule has 0 N–H and O–H groups in total. The number of carbonyl (C=O) groups excluding carboxylic acids is 1. The number of amides is 1. The average Bonchev–Trinajstić information content (AvgIpc) is 3.48. The molecule has 0 aliphatic carbocycles. The Morgan fingerprint density at radius 3 is 2.78 bits per heavy atom. The Balaban J connectivity index is 1.24. The second-order valence-electron chi connectivity index (χ2n) is 6.56. The van der Waals surface area contributed by atoms with E-state index in [2.05, 4.69) is 10.2 Å². The number of hydrogen-bond acceptors (Lipinski definition) is 7. The SMILES string of the molecule is O=C(c1ccc2c(c1)OCO2)N1CCC(c2nnc(-c3ccco3)s2)CC1. The van der Waals surface area contributed by atoms with E-state index >= 15 is 0 Å². The van der Waals surface area contributed by atoms with Gasteiger partial charge in [0.1, 0.15) is 5.01 Å². The Kier molecular flexibility index (Phi) is 4.05. The van der Waals surface area contributed by atoms with Crippen molar-refractivity contribution in [2.75, 3.05) is 19.9 Å². The second kappa shape index (κ2) is 6.70. The number of rotatable bonds is 3. The van der Waals surface area contributed by atoms with Crippen LogP contribution in [0.4, 0.5) is 0 Å². The van der Waals surface area contributed by atoms with Gasteiger partial charge in [0.15, 0.2) is 22.3 Å².